The van der Waals surface area contributed by atoms with Gasteiger partial charge in [0.1, 0.15) is 6.33 Å². The lowest BCUT2D eigenvalue weighted by atomic mass is 10.3. The van der Waals surface area contributed by atoms with Crippen LogP contribution in [0.3, 0.4) is 0 Å². The molecule has 0 saturated heterocycles. The van der Waals surface area contributed by atoms with Gasteiger partial charge in [-0.05, 0) is 11.5 Å². The second-order valence-corrected chi connectivity index (χ2v) is 5.15. The van der Waals surface area contributed by atoms with Gasteiger partial charge < -0.3 is 4.90 Å². The number of amides is 1. The van der Waals surface area contributed by atoms with Crippen molar-refractivity contribution >= 4 is 29.2 Å². The molecule has 0 aliphatic heterocycles. The zero-order valence-corrected chi connectivity index (χ0v) is 10.6. The molecule has 0 aliphatic carbocycles. The van der Waals surface area contributed by atoms with Crippen LogP contribution in [-0.2, 0) is 4.79 Å². The van der Waals surface area contributed by atoms with Gasteiger partial charge in [0, 0.05) is 25.8 Å². The molecule has 0 atom stereocenters. The maximum atomic E-state index is 11.5. The van der Waals surface area contributed by atoms with Gasteiger partial charge in [-0.15, -0.1) is 0 Å². The van der Waals surface area contributed by atoms with Crippen LogP contribution in [0.25, 0.3) is 0 Å². The summed E-state index contributed by atoms with van der Waals surface area (Å²) < 4.78 is 4.76. The number of rotatable bonds is 6. The Morgan fingerprint density at radius 2 is 2.56 bits per heavy atom. The third kappa shape index (κ3) is 4.59. The van der Waals surface area contributed by atoms with E-state index in [-0.39, 0.29) is 5.91 Å². The molecule has 5 nitrogen and oxygen atoms in total. The van der Waals surface area contributed by atoms with Crippen molar-refractivity contribution in [1.82, 2.24) is 14.3 Å². The number of thioether (sulfide) groups is 1. The van der Waals surface area contributed by atoms with Gasteiger partial charge in [-0.2, -0.15) is 9.64 Å². The fourth-order valence-corrected chi connectivity index (χ4v) is 2.43. The van der Waals surface area contributed by atoms with Crippen LogP contribution in [0.1, 0.15) is 12.8 Å². The molecule has 0 aliphatic rings. The van der Waals surface area contributed by atoms with E-state index < -0.39 is 0 Å². The smallest absolute Gasteiger partial charge is 0.223 e. The van der Waals surface area contributed by atoms with Crippen molar-refractivity contribution in [3.05, 3.63) is 6.33 Å². The Morgan fingerprint density at radius 1 is 1.75 bits per heavy atom. The summed E-state index contributed by atoms with van der Waals surface area (Å²) in [6.45, 7) is 0.499. The minimum Gasteiger partial charge on any atom is -0.345 e. The lowest BCUT2D eigenvalue weighted by Gasteiger charge is -2.14. The molecule has 0 spiro atoms. The van der Waals surface area contributed by atoms with Gasteiger partial charge in [-0.3, -0.25) is 4.79 Å². The summed E-state index contributed by atoms with van der Waals surface area (Å²) in [5.74, 6) is 0.762. The molecule has 0 fully saturated rings. The molecule has 0 saturated carbocycles. The summed E-state index contributed by atoms with van der Waals surface area (Å²) in [7, 11) is 1.72. The maximum Gasteiger partial charge on any atom is 0.223 e. The van der Waals surface area contributed by atoms with E-state index in [2.05, 4.69) is 9.36 Å². The standard InChI is InChI=1S/C9H12N4OS2/c1-13(5-2-4-10)8(14)3-6-15-9-11-7-12-16-9/h7H,2-3,5-6H2,1H3. The number of hydrogen-bond donors (Lipinski definition) is 0. The van der Waals surface area contributed by atoms with Crippen LogP contribution in [0.2, 0.25) is 0 Å². The summed E-state index contributed by atoms with van der Waals surface area (Å²) in [6, 6.07) is 2.02. The molecule has 1 heterocycles. The molecule has 16 heavy (non-hydrogen) atoms. The van der Waals surface area contributed by atoms with Crippen molar-refractivity contribution in [2.45, 2.75) is 17.2 Å². The Bertz CT molecular complexity index is 360. The zero-order valence-electron chi connectivity index (χ0n) is 8.92. The number of nitriles is 1. The lowest BCUT2D eigenvalue weighted by Crippen LogP contribution is -2.27. The summed E-state index contributed by atoms with van der Waals surface area (Å²) >= 11 is 2.86. The predicted octanol–water partition coefficient (Wildman–Crippen LogP) is 1.39. The third-order valence-electron chi connectivity index (χ3n) is 1.87. The average molecular weight is 256 g/mol. The highest BCUT2D eigenvalue weighted by Crippen LogP contribution is 2.18. The van der Waals surface area contributed by atoms with Gasteiger partial charge in [0.2, 0.25) is 5.91 Å². The van der Waals surface area contributed by atoms with Crippen molar-refractivity contribution in [2.24, 2.45) is 0 Å². The molecular formula is C9H12N4OS2. The third-order valence-corrected chi connectivity index (χ3v) is 3.67. The van der Waals surface area contributed by atoms with E-state index in [0.29, 0.717) is 25.1 Å². The molecule has 0 bridgehead atoms. The Kier molecular flexibility index (Phi) is 5.82. The number of aromatic nitrogens is 2. The van der Waals surface area contributed by atoms with Crippen molar-refractivity contribution in [1.29, 1.82) is 5.26 Å². The van der Waals surface area contributed by atoms with Crippen molar-refractivity contribution in [3.63, 3.8) is 0 Å². The van der Waals surface area contributed by atoms with Crippen LogP contribution in [0, 0.1) is 11.3 Å². The zero-order chi connectivity index (χ0) is 11.8. The predicted molar refractivity (Wildman–Crippen MR) is 63.1 cm³/mol. The van der Waals surface area contributed by atoms with Gasteiger partial charge in [-0.25, -0.2) is 4.98 Å². The first-order valence-corrected chi connectivity index (χ1v) is 6.50. The molecule has 0 N–H and O–H groups in total. The summed E-state index contributed by atoms with van der Waals surface area (Å²) in [5, 5.41) is 8.39. The number of carbonyl (C=O) groups excluding carboxylic acids is 1. The van der Waals surface area contributed by atoms with E-state index in [0.717, 1.165) is 4.34 Å². The topological polar surface area (TPSA) is 69.9 Å². The summed E-state index contributed by atoms with van der Waals surface area (Å²) in [4.78, 5) is 17.1. The molecule has 1 rings (SSSR count). The summed E-state index contributed by atoms with van der Waals surface area (Å²) in [5.41, 5.74) is 0. The molecule has 0 aromatic carbocycles. The maximum absolute atomic E-state index is 11.5. The van der Waals surface area contributed by atoms with E-state index in [1.165, 1.54) is 29.6 Å². The number of hydrogen-bond acceptors (Lipinski definition) is 6. The molecule has 0 radical (unpaired) electrons. The van der Waals surface area contributed by atoms with Gasteiger partial charge in [0.25, 0.3) is 0 Å². The fourth-order valence-electron chi connectivity index (χ4n) is 0.985. The van der Waals surface area contributed by atoms with Crippen LogP contribution in [-0.4, -0.2) is 39.5 Å². The number of carbonyl (C=O) groups is 1. The van der Waals surface area contributed by atoms with Crippen LogP contribution < -0.4 is 0 Å². The minimum atomic E-state index is 0.0623. The van der Waals surface area contributed by atoms with E-state index in [4.69, 9.17) is 5.26 Å². The van der Waals surface area contributed by atoms with Gasteiger partial charge >= 0.3 is 0 Å². The first-order valence-electron chi connectivity index (χ1n) is 4.74. The van der Waals surface area contributed by atoms with E-state index in [1.54, 1.807) is 11.9 Å². The van der Waals surface area contributed by atoms with E-state index in [1.807, 2.05) is 6.07 Å². The molecule has 1 aromatic heterocycles. The molecule has 7 heteroatoms. The highest BCUT2D eigenvalue weighted by atomic mass is 32.2. The molecular weight excluding hydrogens is 244 g/mol. The fraction of sp³-hybridized carbons (Fsp3) is 0.556. The monoisotopic (exact) mass is 256 g/mol. The van der Waals surface area contributed by atoms with Gasteiger partial charge in [-0.1, -0.05) is 11.8 Å². The van der Waals surface area contributed by atoms with Crippen LogP contribution in [0.15, 0.2) is 10.7 Å². The first-order chi connectivity index (χ1) is 7.74. The van der Waals surface area contributed by atoms with E-state index >= 15 is 0 Å². The second-order valence-electron chi connectivity index (χ2n) is 3.03. The van der Waals surface area contributed by atoms with Crippen molar-refractivity contribution < 1.29 is 4.79 Å². The van der Waals surface area contributed by atoms with Gasteiger partial charge in [0.05, 0.1) is 12.5 Å². The largest absolute Gasteiger partial charge is 0.345 e. The number of nitrogens with zero attached hydrogens (tertiary/aromatic N) is 4. The normalized spacial score (nSPS) is 9.75. The molecule has 0 unspecified atom stereocenters. The Hall–Kier alpha value is -1.13. The van der Waals surface area contributed by atoms with E-state index in [9.17, 15) is 4.79 Å². The summed E-state index contributed by atoms with van der Waals surface area (Å²) in [6.07, 6.45) is 2.35. The Labute approximate surface area is 103 Å². The SMILES string of the molecule is CN(CCC#N)C(=O)CCSc1ncns1. The van der Waals surface area contributed by atoms with Gasteiger partial charge in [0.15, 0.2) is 4.34 Å². The average Bonchev–Trinajstić information content (AvgIpc) is 2.78. The molecule has 86 valence electrons. The lowest BCUT2D eigenvalue weighted by molar-refractivity contribution is -0.129. The van der Waals surface area contributed by atoms with Crippen LogP contribution in [0.5, 0.6) is 0 Å². The minimum absolute atomic E-state index is 0.0623. The molecule has 1 aromatic rings. The van der Waals surface area contributed by atoms with Crippen molar-refractivity contribution in [2.75, 3.05) is 19.3 Å². The second kappa shape index (κ2) is 7.19. The van der Waals surface area contributed by atoms with Crippen molar-refractivity contribution in [3.8, 4) is 6.07 Å². The Balaban J connectivity index is 2.17. The highest BCUT2D eigenvalue weighted by Gasteiger charge is 2.08. The van der Waals surface area contributed by atoms with Crippen LogP contribution >= 0.6 is 23.3 Å². The molecule has 1 amide bonds. The Morgan fingerprint density at radius 3 is 3.19 bits per heavy atom. The highest BCUT2D eigenvalue weighted by molar-refractivity contribution is 8.00. The quantitative estimate of drug-likeness (QED) is 0.719. The van der Waals surface area contributed by atoms with Crippen LogP contribution in [0.4, 0.5) is 0 Å². The first kappa shape index (κ1) is 12.9.